The van der Waals surface area contributed by atoms with Crippen LogP contribution in [0.15, 0.2) is 0 Å². The van der Waals surface area contributed by atoms with E-state index in [0.717, 1.165) is 25.4 Å². The minimum atomic E-state index is 0.291. The van der Waals surface area contributed by atoms with Crippen LogP contribution < -0.4 is 5.32 Å². The monoisotopic (exact) mass is 270 g/mol. The zero-order valence-corrected chi connectivity index (χ0v) is 13.6. The van der Waals surface area contributed by atoms with Gasteiger partial charge in [-0.2, -0.15) is 0 Å². The van der Waals surface area contributed by atoms with Gasteiger partial charge in [-0.05, 0) is 51.0 Å². The zero-order chi connectivity index (χ0) is 14.5. The van der Waals surface area contributed by atoms with Gasteiger partial charge in [0.25, 0.3) is 0 Å². The molecule has 0 aromatic carbocycles. The average Bonchev–Trinajstić information content (AvgIpc) is 2.26. The van der Waals surface area contributed by atoms with E-state index >= 15 is 0 Å². The third kappa shape index (κ3) is 6.73. The lowest BCUT2D eigenvalue weighted by Crippen LogP contribution is -2.52. The lowest BCUT2D eigenvalue weighted by atomic mass is 9.79. The Hall–Kier alpha value is -0.120. The Morgan fingerprint density at radius 3 is 2.47 bits per heavy atom. The quantitative estimate of drug-likeness (QED) is 0.728. The number of rotatable bonds is 6. The van der Waals surface area contributed by atoms with Crippen LogP contribution >= 0.6 is 0 Å². The van der Waals surface area contributed by atoms with Crippen LogP contribution in [0.5, 0.6) is 0 Å². The van der Waals surface area contributed by atoms with Crippen molar-refractivity contribution in [3.63, 3.8) is 0 Å². The highest BCUT2D eigenvalue weighted by atomic mass is 16.3. The molecule has 0 aromatic rings. The Morgan fingerprint density at radius 1 is 1.26 bits per heavy atom. The molecule has 0 aromatic heterocycles. The number of hydrogen-bond acceptors (Lipinski definition) is 3. The van der Waals surface area contributed by atoms with E-state index in [4.69, 9.17) is 5.11 Å². The topological polar surface area (TPSA) is 35.5 Å². The summed E-state index contributed by atoms with van der Waals surface area (Å²) in [5, 5.41) is 12.5. The van der Waals surface area contributed by atoms with Crippen molar-refractivity contribution in [2.24, 2.45) is 11.3 Å². The molecule has 0 saturated carbocycles. The van der Waals surface area contributed by atoms with Crippen molar-refractivity contribution in [1.82, 2.24) is 10.2 Å². The highest BCUT2D eigenvalue weighted by molar-refractivity contribution is 4.86. The minimum absolute atomic E-state index is 0.291. The van der Waals surface area contributed by atoms with E-state index in [1.165, 1.54) is 19.4 Å². The molecule has 1 fully saturated rings. The summed E-state index contributed by atoms with van der Waals surface area (Å²) in [7, 11) is 0. The van der Waals surface area contributed by atoms with Crippen molar-refractivity contribution < 1.29 is 5.11 Å². The number of hydrogen-bond donors (Lipinski definition) is 2. The van der Waals surface area contributed by atoms with Crippen molar-refractivity contribution in [3.8, 4) is 0 Å². The smallest absolute Gasteiger partial charge is 0.0443 e. The summed E-state index contributed by atoms with van der Waals surface area (Å²) in [6.45, 7) is 15.3. The first-order chi connectivity index (χ1) is 8.81. The predicted octanol–water partition coefficient (Wildman–Crippen LogP) is 2.49. The third-order valence-corrected chi connectivity index (χ3v) is 3.96. The van der Waals surface area contributed by atoms with E-state index in [9.17, 15) is 0 Å². The Morgan fingerprint density at radius 2 is 1.95 bits per heavy atom. The molecule has 1 aliphatic rings. The Labute approximate surface area is 119 Å². The first kappa shape index (κ1) is 16.9. The lowest BCUT2D eigenvalue weighted by Gasteiger charge is -2.42. The van der Waals surface area contributed by atoms with Gasteiger partial charge in [-0.3, -0.25) is 4.90 Å². The second kappa shape index (κ2) is 7.61. The van der Waals surface area contributed by atoms with Gasteiger partial charge in [0.05, 0.1) is 0 Å². The fourth-order valence-corrected chi connectivity index (χ4v) is 3.21. The number of likely N-dealkylation sites (tertiary alicyclic amines) is 1. The molecule has 0 radical (unpaired) electrons. The molecule has 114 valence electrons. The van der Waals surface area contributed by atoms with Crippen molar-refractivity contribution in [3.05, 3.63) is 0 Å². The minimum Gasteiger partial charge on any atom is -0.396 e. The molecule has 2 unspecified atom stereocenters. The van der Waals surface area contributed by atoms with Crippen molar-refractivity contribution >= 4 is 0 Å². The zero-order valence-electron chi connectivity index (χ0n) is 13.6. The molecule has 1 saturated heterocycles. The highest BCUT2D eigenvalue weighted by Gasteiger charge is 2.30. The summed E-state index contributed by atoms with van der Waals surface area (Å²) >= 11 is 0. The standard InChI is InChI=1S/C16H34N2O/c1-13(2)18-11-14(10-16(3,4)5)9-15(12-18)17-7-6-8-19/h13-15,17,19H,6-12H2,1-5H3. The summed E-state index contributed by atoms with van der Waals surface area (Å²) in [4.78, 5) is 2.61. The second-order valence-electron chi connectivity index (χ2n) is 7.64. The second-order valence-corrected chi connectivity index (χ2v) is 7.64. The Kier molecular flexibility index (Phi) is 6.78. The molecule has 0 aliphatic carbocycles. The number of nitrogens with zero attached hydrogens (tertiary/aromatic N) is 1. The number of aliphatic hydroxyl groups excluding tert-OH is 1. The maximum absolute atomic E-state index is 8.89. The van der Waals surface area contributed by atoms with E-state index in [2.05, 4.69) is 44.8 Å². The van der Waals surface area contributed by atoms with Gasteiger partial charge >= 0.3 is 0 Å². The molecule has 0 bridgehead atoms. The van der Waals surface area contributed by atoms with Gasteiger partial charge in [0.15, 0.2) is 0 Å². The predicted molar refractivity (Wildman–Crippen MR) is 82.4 cm³/mol. The normalized spacial score (nSPS) is 26.1. The van der Waals surface area contributed by atoms with Crippen LogP contribution in [-0.4, -0.2) is 48.3 Å². The van der Waals surface area contributed by atoms with Crippen LogP contribution in [0, 0.1) is 11.3 Å². The molecule has 2 N–H and O–H groups in total. The molecular weight excluding hydrogens is 236 g/mol. The third-order valence-electron chi connectivity index (χ3n) is 3.96. The van der Waals surface area contributed by atoms with Gasteiger partial charge in [-0.15, -0.1) is 0 Å². The molecule has 2 atom stereocenters. The van der Waals surface area contributed by atoms with Crippen molar-refractivity contribution in [1.29, 1.82) is 0 Å². The molecule has 3 nitrogen and oxygen atoms in total. The molecule has 0 amide bonds. The average molecular weight is 270 g/mol. The summed E-state index contributed by atoms with van der Waals surface area (Å²) in [5.74, 6) is 0.794. The van der Waals surface area contributed by atoms with Crippen LogP contribution in [-0.2, 0) is 0 Å². The SMILES string of the molecule is CC(C)N1CC(CC(C)(C)C)CC(NCCCO)C1. The van der Waals surface area contributed by atoms with Crippen LogP contribution in [0.1, 0.15) is 53.9 Å². The number of aliphatic hydroxyl groups is 1. The first-order valence-electron chi connectivity index (χ1n) is 7.90. The van der Waals surface area contributed by atoms with E-state index in [1.54, 1.807) is 0 Å². The van der Waals surface area contributed by atoms with Gasteiger partial charge in [0.1, 0.15) is 0 Å². The molecule has 1 heterocycles. The van der Waals surface area contributed by atoms with Crippen LogP contribution in [0.4, 0.5) is 0 Å². The summed E-state index contributed by atoms with van der Waals surface area (Å²) in [5.41, 5.74) is 0.417. The first-order valence-corrected chi connectivity index (χ1v) is 7.90. The Bertz CT molecular complexity index is 248. The molecule has 19 heavy (non-hydrogen) atoms. The van der Waals surface area contributed by atoms with Crippen LogP contribution in [0.25, 0.3) is 0 Å². The number of piperidine rings is 1. The maximum Gasteiger partial charge on any atom is 0.0443 e. The molecule has 0 spiro atoms. The van der Waals surface area contributed by atoms with Gasteiger partial charge in [-0.25, -0.2) is 0 Å². The lowest BCUT2D eigenvalue weighted by molar-refractivity contribution is 0.0895. The molecule has 1 aliphatic heterocycles. The van der Waals surface area contributed by atoms with Gasteiger partial charge in [0, 0.05) is 31.8 Å². The van der Waals surface area contributed by atoms with Crippen LogP contribution in [0.3, 0.4) is 0 Å². The summed E-state index contributed by atoms with van der Waals surface area (Å²) < 4.78 is 0. The maximum atomic E-state index is 8.89. The summed E-state index contributed by atoms with van der Waals surface area (Å²) in [6, 6.07) is 1.22. The molecule has 3 heteroatoms. The van der Waals surface area contributed by atoms with Crippen molar-refractivity contribution in [2.75, 3.05) is 26.2 Å². The Balaban J connectivity index is 2.52. The van der Waals surface area contributed by atoms with E-state index in [0.29, 0.717) is 24.1 Å². The van der Waals surface area contributed by atoms with E-state index in [-0.39, 0.29) is 0 Å². The van der Waals surface area contributed by atoms with Crippen molar-refractivity contribution in [2.45, 2.75) is 66.0 Å². The fraction of sp³-hybridized carbons (Fsp3) is 1.00. The molecule has 1 rings (SSSR count). The van der Waals surface area contributed by atoms with Gasteiger partial charge < -0.3 is 10.4 Å². The van der Waals surface area contributed by atoms with E-state index < -0.39 is 0 Å². The fourth-order valence-electron chi connectivity index (χ4n) is 3.21. The largest absolute Gasteiger partial charge is 0.396 e. The van der Waals surface area contributed by atoms with E-state index in [1.807, 2.05) is 0 Å². The highest BCUT2D eigenvalue weighted by Crippen LogP contribution is 2.30. The molecular formula is C16H34N2O. The van der Waals surface area contributed by atoms with Crippen LogP contribution in [0.2, 0.25) is 0 Å². The van der Waals surface area contributed by atoms with Gasteiger partial charge in [0.2, 0.25) is 0 Å². The summed E-state index contributed by atoms with van der Waals surface area (Å²) in [6.07, 6.45) is 3.45. The van der Waals surface area contributed by atoms with Gasteiger partial charge in [-0.1, -0.05) is 20.8 Å². The number of nitrogens with one attached hydrogen (secondary N) is 1.